The molecule has 6 heteroatoms. The predicted octanol–water partition coefficient (Wildman–Crippen LogP) is 0.324. The minimum Gasteiger partial charge on any atom is -0.385 e. The Morgan fingerprint density at radius 3 is 3.11 bits per heavy atom. The van der Waals surface area contributed by atoms with E-state index >= 15 is 0 Å². The molecule has 0 N–H and O–H groups in total. The van der Waals surface area contributed by atoms with Gasteiger partial charge in [-0.1, -0.05) is 0 Å². The number of ether oxygens (including phenoxy) is 2. The van der Waals surface area contributed by atoms with Crippen LogP contribution in [-0.2, 0) is 16.0 Å². The molecule has 6 nitrogen and oxygen atoms in total. The molecule has 2 heterocycles. The Labute approximate surface area is 108 Å². The van der Waals surface area contributed by atoms with Crippen molar-refractivity contribution in [1.29, 1.82) is 0 Å². The fourth-order valence-corrected chi connectivity index (χ4v) is 2.19. The second-order valence-corrected chi connectivity index (χ2v) is 4.65. The van der Waals surface area contributed by atoms with Crippen LogP contribution in [0.2, 0.25) is 0 Å². The molecule has 0 bridgehead atoms. The molecule has 1 aliphatic rings. The fourth-order valence-electron chi connectivity index (χ4n) is 2.19. The largest absolute Gasteiger partial charge is 0.385 e. The SMILES string of the molecule is COCC[C@@H]1CN(CCn2cnnc2C)CCO1. The van der Waals surface area contributed by atoms with Crippen LogP contribution in [0, 0.1) is 6.92 Å². The molecule has 1 aromatic rings. The van der Waals surface area contributed by atoms with Gasteiger partial charge in [0.15, 0.2) is 0 Å². The average molecular weight is 254 g/mol. The summed E-state index contributed by atoms with van der Waals surface area (Å²) < 4.78 is 12.9. The van der Waals surface area contributed by atoms with Gasteiger partial charge in [0.05, 0.1) is 12.7 Å². The number of hydrogen-bond acceptors (Lipinski definition) is 5. The highest BCUT2D eigenvalue weighted by Gasteiger charge is 2.19. The van der Waals surface area contributed by atoms with Gasteiger partial charge in [0, 0.05) is 39.9 Å². The first kappa shape index (κ1) is 13.5. The molecule has 0 radical (unpaired) electrons. The maximum absolute atomic E-state index is 5.72. The third kappa shape index (κ3) is 3.76. The maximum Gasteiger partial charge on any atom is 0.129 e. The molecule has 1 aliphatic heterocycles. The van der Waals surface area contributed by atoms with E-state index in [1.807, 2.05) is 6.92 Å². The van der Waals surface area contributed by atoms with Crippen LogP contribution < -0.4 is 0 Å². The van der Waals surface area contributed by atoms with E-state index in [4.69, 9.17) is 9.47 Å². The van der Waals surface area contributed by atoms with Crippen LogP contribution in [0.5, 0.6) is 0 Å². The highest BCUT2D eigenvalue weighted by molar-refractivity contribution is 4.81. The number of aromatic nitrogens is 3. The summed E-state index contributed by atoms with van der Waals surface area (Å²) in [5, 5.41) is 7.88. The van der Waals surface area contributed by atoms with E-state index in [2.05, 4.69) is 19.7 Å². The molecule has 0 aromatic carbocycles. The van der Waals surface area contributed by atoms with Gasteiger partial charge in [-0.25, -0.2) is 0 Å². The van der Waals surface area contributed by atoms with Crippen molar-refractivity contribution in [1.82, 2.24) is 19.7 Å². The predicted molar refractivity (Wildman–Crippen MR) is 67.4 cm³/mol. The summed E-state index contributed by atoms with van der Waals surface area (Å²) in [5.41, 5.74) is 0. The van der Waals surface area contributed by atoms with E-state index in [-0.39, 0.29) is 0 Å². The van der Waals surface area contributed by atoms with Crippen molar-refractivity contribution in [2.45, 2.75) is 26.0 Å². The van der Waals surface area contributed by atoms with E-state index in [0.29, 0.717) is 6.10 Å². The summed E-state index contributed by atoms with van der Waals surface area (Å²) in [6.07, 6.45) is 3.07. The summed E-state index contributed by atoms with van der Waals surface area (Å²) >= 11 is 0. The van der Waals surface area contributed by atoms with Crippen LogP contribution in [0.1, 0.15) is 12.2 Å². The molecule has 0 saturated carbocycles. The van der Waals surface area contributed by atoms with Crippen molar-refractivity contribution in [3.05, 3.63) is 12.2 Å². The van der Waals surface area contributed by atoms with Gasteiger partial charge in [-0.15, -0.1) is 10.2 Å². The normalized spacial score (nSPS) is 21.3. The molecule has 1 fully saturated rings. The van der Waals surface area contributed by atoms with E-state index in [1.165, 1.54) is 0 Å². The Kier molecular flexibility index (Phi) is 5.10. The number of hydrogen-bond donors (Lipinski definition) is 0. The molecule has 0 unspecified atom stereocenters. The van der Waals surface area contributed by atoms with Crippen molar-refractivity contribution >= 4 is 0 Å². The van der Waals surface area contributed by atoms with Crippen LogP contribution >= 0.6 is 0 Å². The Bertz CT molecular complexity index is 356. The average Bonchev–Trinajstić information content (AvgIpc) is 2.80. The number of aryl methyl sites for hydroxylation is 1. The van der Waals surface area contributed by atoms with Gasteiger partial charge in [-0.2, -0.15) is 0 Å². The summed E-state index contributed by atoms with van der Waals surface area (Å²) in [6, 6.07) is 0. The summed E-state index contributed by atoms with van der Waals surface area (Å²) in [4.78, 5) is 2.43. The van der Waals surface area contributed by atoms with Gasteiger partial charge in [-0.05, 0) is 13.3 Å². The van der Waals surface area contributed by atoms with E-state index < -0.39 is 0 Å². The molecular formula is C12H22N4O2. The van der Waals surface area contributed by atoms with Gasteiger partial charge in [0.25, 0.3) is 0 Å². The first-order valence-corrected chi connectivity index (χ1v) is 6.47. The summed E-state index contributed by atoms with van der Waals surface area (Å²) in [5.74, 6) is 0.971. The Hall–Kier alpha value is -0.980. The first-order chi connectivity index (χ1) is 8.79. The molecule has 1 atom stereocenters. The van der Waals surface area contributed by atoms with Crippen LogP contribution in [0.15, 0.2) is 6.33 Å². The fraction of sp³-hybridized carbons (Fsp3) is 0.833. The van der Waals surface area contributed by atoms with Gasteiger partial charge in [-0.3, -0.25) is 4.90 Å². The Balaban J connectivity index is 1.74. The van der Waals surface area contributed by atoms with Crippen molar-refractivity contribution in [3.63, 3.8) is 0 Å². The number of rotatable bonds is 6. The lowest BCUT2D eigenvalue weighted by Crippen LogP contribution is -2.44. The smallest absolute Gasteiger partial charge is 0.129 e. The van der Waals surface area contributed by atoms with Crippen LogP contribution in [0.4, 0.5) is 0 Å². The summed E-state index contributed by atoms with van der Waals surface area (Å²) in [6.45, 7) is 7.52. The third-order valence-corrected chi connectivity index (χ3v) is 3.33. The van der Waals surface area contributed by atoms with Crippen molar-refractivity contribution in [3.8, 4) is 0 Å². The standard InChI is InChI=1S/C12H22N4O2/c1-11-14-13-10-16(11)5-4-15-6-8-18-12(9-15)3-7-17-2/h10,12H,3-9H2,1-2H3/t12-/m1/s1. The Morgan fingerprint density at radius 1 is 1.50 bits per heavy atom. The lowest BCUT2D eigenvalue weighted by molar-refractivity contribution is -0.0414. The minimum absolute atomic E-state index is 0.306. The zero-order chi connectivity index (χ0) is 12.8. The highest BCUT2D eigenvalue weighted by Crippen LogP contribution is 2.09. The van der Waals surface area contributed by atoms with Gasteiger partial charge in [0.2, 0.25) is 0 Å². The molecule has 102 valence electrons. The van der Waals surface area contributed by atoms with Crippen LogP contribution in [-0.4, -0.2) is 65.7 Å². The third-order valence-electron chi connectivity index (χ3n) is 3.33. The maximum atomic E-state index is 5.72. The van der Waals surface area contributed by atoms with Crippen LogP contribution in [0.3, 0.4) is 0 Å². The summed E-state index contributed by atoms with van der Waals surface area (Å²) in [7, 11) is 1.73. The molecule has 1 aromatic heterocycles. The molecule has 0 amide bonds. The first-order valence-electron chi connectivity index (χ1n) is 6.47. The quantitative estimate of drug-likeness (QED) is 0.732. The van der Waals surface area contributed by atoms with E-state index in [0.717, 1.165) is 51.6 Å². The molecule has 2 rings (SSSR count). The number of morpholine rings is 1. The Morgan fingerprint density at radius 2 is 2.39 bits per heavy atom. The lowest BCUT2D eigenvalue weighted by atomic mass is 10.2. The van der Waals surface area contributed by atoms with Crippen molar-refractivity contribution < 1.29 is 9.47 Å². The molecule has 1 saturated heterocycles. The highest BCUT2D eigenvalue weighted by atomic mass is 16.5. The van der Waals surface area contributed by atoms with Crippen molar-refractivity contribution in [2.75, 3.05) is 40.0 Å². The number of nitrogens with zero attached hydrogens (tertiary/aromatic N) is 4. The minimum atomic E-state index is 0.306. The monoisotopic (exact) mass is 254 g/mol. The number of methoxy groups -OCH3 is 1. The van der Waals surface area contributed by atoms with Gasteiger partial charge < -0.3 is 14.0 Å². The van der Waals surface area contributed by atoms with Gasteiger partial charge >= 0.3 is 0 Å². The lowest BCUT2D eigenvalue weighted by Gasteiger charge is -2.32. The zero-order valence-corrected chi connectivity index (χ0v) is 11.2. The van der Waals surface area contributed by atoms with Crippen LogP contribution in [0.25, 0.3) is 0 Å². The topological polar surface area (TPSA) is 52.4 Å². The van der Waals surface area contributed by atoms with Crippen molar-refractivity contribution in [2.24, 2.45) is 0 Å². The molecule has 0 aliphatic carbocycles. The molecule has 18 heavy (non-hydrogen) atoms. The second-order valence-electron chi connectivity index (χ2n) is 4.65. The van der Waals surface area contributed by atoms with Gasteiger partial charge in [0.1, 0.15) is 12.2 Å². The zero-order valence-electron chi connectivity index (χ0n) is 11.2. The molecular weight excluding hydrogens is 232 g/mol. The van der Waals surface area contributed by atoms with E-state index in [1.54, 1.807) is 13.4 Å². The second kappa shape index (κ2) is 6.82. The van der Waals surface area contributed by atoms with E-state index in [9.17, 15) is 0 Å². The molecule has 0 spiro atoms.